The Bertz CT molecular complexity index is 254. The fourth-order valence-corrected chi connectivity index (χ4v) is 2.10. The molecule has 0 bridgehead atoms. The lowest BCUT2D eigenvalue weighted by atomic mass is 10.2. The smallest absolute Gasteiger partial charge is 0.0681 e. The second kappa shape index (κ2) is 6.20. The zero-order chi connectivity index (χ0) is 11.1. The van der Waals surface area contributed by atoms with Crippen molar-refractivity contribution >= 4 is 11.8 Å². The average Bonchev–Trinajstić information content (AvgIpc) is 2.61. The van der Waals surface area contributed by atoms with Crippen LogP contribution in [0.5, 0.6) is 0 Å². The van der Waals surface area contributed by atoms with E-state index < -0.39 is 5.60 Å². The van der Waals surface area contributed by atoms with Crippen LogP contribution >= 0.6 is 11.8 Å². The van der Waals surface area contributed by atoms with Gasteiger partial charge in [-0.1, -0.05) is 0 Å². The summed E-state index contributed by atoms with van der Waals surface area (Å²) in [5.41, 5.74) is 0.730. The standard InChI is InChI=1S/C11H20N2OS/c1-11(2,14)9-15-6-5-13-8-10-3-4-12-7-10/h3-4,7,12-14H,5-6,8-9H2,1-2H3. The van der Waals surface area contributed by atoms with Crippen LogP contribution in [-0.2, 0) is 6.54 Å². The van der Waals surface area contributed by atoms with Crippen molar-refractivity contribution in [3.8, 4) is 0 Å². The maximum Gasteiger partial charge on any atom is 0.0681 e. The van der Waals surface area contributed by atoms with E-state index in [4.69, 9.17) is 0 Å². The first kappa shape index (κ1) is 12.6. The van der Waals surface area contributed by atoms with Crippen LogP contribution in [-0.4, -0.2) is 33.7 Å². The number of aliphatic hydroxyl groups is 1. The van der Waals surface area contributed by atoms with Gasteiger partial charge in [-0.3, -0.25) is 0 Å². The van der Waals surface area contributed by atoms with Gasteiger partial charge >= 0.3 is 0 Å². The van der Waals surface area contributed by atoms with E-state index in [0.717, 1.165) is 24.6 Å². The van der Waals surface area contributed by atoms with Crippen molar-refractivity contribution in [2.75, 3.05) is 18.1 Å². The van der Waals surface area contributed by atoms with Gasteiger partial charge in [0, 0.05) is 37.0 Å². The Kier molecular flexibility index (Phi) is 5.22. The molecule has 0 saturated heterocycles. The summed E-state index contributed by atoms with van der Waals surface area (Å²) in [6.07, 6.45) is 3.93. The first-order valence-electron chi connectivity index (χ1n) is 5.20. The van der Waals surface area contributed by atoms with Gasteiger partial charge < -0.3 is 15.4 Å². The van der Waals surface area contributed by atoms with Crippen LogP contribution in [0.3, 0.4) is 0 Å². The van der Waals surface area contributed by atoms with Gasteiger partial charge in [0.1, 0.15) is 0 Å². The van der Waals surface area contributed by atoms with Crippen LogP contribution in [0.1, 0.15) is 19.4 Å². The minimum Gasteiger partial charge on any atom is -0.390 e. The number of aromatic nitrogens is 1. The monoisotopic (exact) mass is 228 g/mol. The van der Waals surface area contributed by atoms with Crippen LogP contribution < -0.4 is 5.32 Å². The van der Waals surface area contributed by atoms with Crippen LogP contribution in [0.2, 0.25) is 0 Å². The van der Waals surface area contributed by atoms with Crippen LogP contribution in [0.15, 0.2) is 18.5 Å². The third-order valence-corrected chi connectivity index (χ3v) is 3.27. The third-order valence-electron chi connectivity index (χ3n) is 1.87. The first-order chi connectivity index (χ1) is 7.08. The van der Waals surface area contributed by atoms with E-state index in [2.05, 4.69) is 16.4 Å². The second-order valence-corrected chi connectivity index (χ2v) is 5.37. The Hall–Kier alpha value is -0.450. The summed E-state index contributed by atoms with van der Waals surface area (Å²) < 4.78 is 0. The summed E-state index contributed by atoms with van der Waals surface area (Å²) in [5.74, 6) is 1.83. The minimum atomic E-state index is -0.550. The van der Waals surface area contributed by atoms with Gasteiger partial charge in [-0.2, -0.15) is 11.8 Å². The molecule has 0 aliphatic heterocycles. The SMILES string of the molecule is CC(C)(O)CSCCNCc1cc[nH]c1. The maximum atomic E-state index is 9.48. The van der Waals surface area contributed by atoms with Gasteiger partial charge in [0.05, 0.1) is 5.60 Å². The molecule has 0 unspecified atom stereocenters. The van der Waals surface area contributed by atoms with Crippen molar-refractivity contribution in [3.05, 3.63) is 24.0 Å². The quantitative estimate of drug-likeness (QED) is 0.621. The average molecular weight is 228 g/mol. The fraction of sp³-hybridized carbons (Fsp3) is 0.636. The largest absolute Gasteiger partial charge is 0.390 e. The first-order valence-corrected chi connectivity index (χ1v) is 6.36. The molecule has 1 rings (SSSR count). The number of thioether (sulfide) groups is 1. The Labute approximate surface area is 95.7 Å². The highest BCUT2D eigenvalue weighted by molar-refractivity contribution is 7.99. The summed E-state index contributed by atoms with van der Waals surface area (Å²) in [5, 5.41) is 12.8. The molecular formula is C11H20N2OS. The molecule has 0 saturated carbocycles. The summed E-state index contributed by atoms with van der Waals surface area (Å²) in [7, 11) is 0. The molecule has 86 valence electrons. The van der Waals surface area contributed by atoms with E-state index in [1.165, 1.54) is 5.56 Å². The van der Waals surface area contributed by atoms with E-state index in [1.807, 2.05) is 26.2 Å². The molecule has 0 amide bonds. The van der Waals surface area contributed by atoms with Crippen molar-refractivity contribution in [1.82, 2.24) is 10.3 Å². The van der Waals surface area contributed by atoms with E-state index >= 15 is 0 Å². The highest BCUT2D eigenvalue weighted by atomic mass is 32.2. The number of aromatic amines is 1. The van der Waals surface area contributed by atoms with Crippen LogP contribution in [0.4, 0.5) is 0 Å². The lowest BCUT2D eigenvalue weighted by molar-refractivity contribution is 0.107. The van der Waals surface area contributed by atoms with Crippen molar-refractivity contribution in [3.63, 3.8) is 0 Å². The Balaban J connectivity index is 1.94. The topological polar surface area (TPSA) is 48.0 Å². The van der Waals surface area contributed by atoms with Gasteiger partial charge in [0.15, 0.2) is 0 Å². The van der Waals surface area contributed by atoms with Crippen molar-refractivity contribution in [1.29, 1.82) is 0 Å². The highest BCUT2D eigenvalue weighted by Gasteiger charge is 2.11. The Morgan fingerprint density at radius 3 is 2.93 bits per heavy atom. The second-order valence-electron chi connectivity index (χ2n) is 4.26. The molecule has 3 nitrogen and oxygen atoms in total. The van der Waals surface area contributed by atoms with Crippen LogP contribution in [0.25, 0.3) is 0 Å². The highest BCUT2D eigenvalue weighted by Crippen LogP contribution is 2.10. The van der Waals surface area contributed by atoms with E-state index in [1.54, 1.807) is 11.8 Å². The van der Waals surface area contributed by atoms with Crippen molar-refractivity contribution in [2.24, 2.45) is 0 Å². The van der Waals surface area contributed by atoms with Crippen molar-refractivity contribution in [2.45, 2.75) is 26.0 Å². The lowest BCUT2D eigenvalue weighted by Crippen LogP contribution is -2.23. The molecule has 0 aliphatic rings. The molecule has 0 atom stereocenters. The Morgan fingerprint density at radius 2 is 2.33 bits per heavy atom. The maximum absolute atomic E-state index is 9.48. The summed E-state index contributed by atoms with van der Waals surface area (Å²) in [6, 6.07) is 2.07. The molecule has 1 heterocycles. The van der Waals surface area contributed by atoms with E-state index in [0.29, 0.717) is 0 Å². The predicted molar refractivity (Wildman–Crippen MR) is 66.1 cm³/mol. The minimum absolute atomic E-state index is 0.550. The van der Waals surface area contributed by atoms with Crippen LogP contribution in [0, 0.1) is 0 Å². The zero-order valence-electron chi connectivity index (χ0n) is 9.42. The number of rotatable bonds is 7. The van der Waals surface area contributed by atoms with Gasteiger partial charge in [0.25, 0.3) is 0 Å². The molecule has 0 aromatic carbocycles. The number of hydrogen-bond acceptors (Lipinski definition) is 3. The molecule has 1 aromatic rings. The van der Waals surface area contributed by atoms with Gasteiger partial charge in [-0.05, 0) is 25.5 Å². The molecule has 0 aliphatic carbocycles. The number of H-pyrrole nitrogens is 1. The van der Waals surface area contributed by atoms with Gasteiger partial charge in [-0.15, -0.1) is 0 Å². The Morgan fingerprint density at radius 1 is 1.53 bits per heavy atom. The molecule has 15 heavy (non-hydrogen) atoms. The molecule has 1 aromatic heterocycles. The summed E-state index contributed by atoms with van der Waals surface area (Å²) in [6.45, 7) is 5.57. The molecule has 3 N–H and O–H groups in total. The van der Waals surface area contributed by atoms with E-state index in [-0.39, 0.29) is 0 Å². The number of hydrogen-bond donors (Lipinski definition) is 3. The number of nitrogens with one attached hydrogen (secondary N) is 2. The molecular weight excluding hydrogens is 208 g/mol. The zero-order valence-corrected chi connectivity index (χ0v) is 10.2. The summed E-state index contributed by atoms with van der Waals surface area (Å²) >= 11 is 1.78. The molecule has 0 spiro atoms. The third kappa shape index (κ3) is 6.60. The molecule has 4 heteroatoms. The molecule has 0 fully saturated rings. The van der Waals surface area contributed by atoms with Gasteiger partial charge in [0.2, 0.25) is 0 Å². The van der Waals surface area contributed by atoms with Crippen molar-refractivity contribution < 1.29 is 5.11 Å². The van der Waals surface area contributed by atoms with E-state index in [9.17, 15) is 5.11 Å². The molecule has 0 radical (unpaired) electrons. The lowest BCUT2D eigenvalue weighted by Gasteiger charge is -2.15. The fourth-order valence-electron chi connectivity index (χ4n) is 1.17. The van der Waals surface area contributed by atoms with Gasteiger partial charge in [-0.25, -0.2) is 0 Å². The normalized spacial score (nSPS) is 11.9. The predicted octanol–water partition coefficient (Wildman–Crippen LogP) is 1.61. The summed E-state index contributed by atoms with van der Waals surface area (Å²) in [4.78, 5) is 3.02.